The molecule has 1 aromatic heterocycles. The molecule has 6 heteroatoms. The number of rotatable bonds is 6. The number of halogens is 1. The first-order valence-corrected chi connectivity index (χ1v) is 8.92. The molecule has 1 heterocycles. The van der Waals surface area contributed by atoms with Crippen molar-refractivity contribution in [3.8, 4) is 0 Å². The molecule has 0 radical (unpaired) electrons. The minimum absolute atomic E-state index is 0.0115. The van der Waals surface area contributed by atoms with Crippen LogP contribution in [-0.2, 0) is 17.6 Å². The Balaban J connectivity index is 1.48. The van der Waals surface area contributed by atoms with Crippen molar-refractivity contribution >= 4 is 5.91 Å². The molecule has 2 aromatic rings. The average Bonchev–Trinajstić information content (AvgIpc) is 3.11. The number of hydrogen-bond donors (Lipinski definition) is 0. The Morgan fingerprint density at radius 2 is 1.96 bits per heavy atom. The summed E-state index contributed by atoms with van der Waals surface area (Å²) in [5, 5.41) is 4.05. The first-order chi connectivity index (χ1) is 12.1. The lowest BCUT2D eigenvalue weighted by atomic mass is 9.89. The van der Waals surface area contributed by atoms with Crippen LogP contribution in [0.2, 0.25) is 0 Å². The molecule has 0 saturated heterocycles. The molecule has 0 bridgehead atoms. The summed E-state index contributed by atoms with van der Waals surface area (Å²) < 4.78 is 18.3. The highest BCUT2D eigenvalue weighted by Gasteiger charge is 2.21. The number of benzene rings is 1. The van der Waals surface area contributed by atoms with E-state index in [1.165, 1.54) is 31.4 Å². The molecule has 5 nitrogen and oxygen atoms in total. The molecule has 0 atom stereocenters. The van der Waals surface area contributed by atoms with Crippen molar-refractivity contribution in [2.45, 2.75) is 50.9 Å². The monoisotopic (exact) mass is 345 g/mol. The fourth-order valence-electron chi connectivity index (χ4n) is 3.19. The predicted molar refractivity (Wildman–Crippen MR) is 91.6 cm³/mol. The fourth-order valence-corrected chi connectivity index (χ4v) is 3.19. The molecule has 0 N–H and O–H groups in total. The minimum Gasteiger partial charge on any atom is -0.345 e. The molecule has 1 fully saturated rings. The van der Waals surface area contributed by atoms with Gasteiger partial charge in [0.05, 0.1) is 6.42 Å². The lowest BCUT2D eigenvalue weighted by Gasteiger charge is -2.17. The highest BCUT2D eigenvalue weighted by Crippen LogP contribution is 2.31. The standard InChI is InChI=1S/C19H24FN3O2/c1-23(18(24)13-14-7-9-16(20)10-8-14)12-11-17-21-19(25-22-17)15-5-3-2-4-6-15/h7-10,15H,2-6,11-13H2,1H3. The highest BCUT2D eigenvalue weighted by molar-refractivity contribution is 5.78. The number of likely N-dealkylation sites (N-methyl/N-ethyl adjacent to an activating group) is 1. The maximum Gasteiger partial charge on any atom is 0.229 e. The Morgan fingerprint density at radius 3 is 2.68 bits per heavy atom. The summed E-state index contributed by atoms with van der Waals surface area (Å²) in [7, 11) is 1.76. The largest absolute Gasteiger partial charge is 0.345 e. The van der Waals surface area contributed by atoms with Gasteiger partial charge in [-0.15, -0.1) is 0 Å². The van der Waals surface area contributed by atoms with Crippen molar-refractivity contribution in [1.82, 2.24) is 15.0 Å². The van der Waals surface area contributed by atoms with Crippen molar-refractivity contribution in [2.75, 3.05) is 13.6 Å². The Hall–Kier alpha value is -2.24. The van der Waals surface area contributed by atoms with E-state index in [0.29, 0.717) is 24.7 Å². The van der Waals surface area contributed by atoms with Gasteiger partial charge < -0.3 is 9.42 Å². The molecule has 0 spiro atoms. The van der Waals surface area contributed by atoms with E-state index in [-0.39, 0.29) is 18.1 Å². The van der Waals surface area contributed by atoms with Gasteiger partial charge in [0.1, 0.15) is 5.82 Å². The van der Waals surface area contributed by atoms with E-state index in [9.17, 15) is 9.18 Å². The minimum atomic E-state index is -0.296. The number of nitrogens with zero attached hydrogens (tertiary/aromatic N) is 3. The third-order valence-electron chi connectivity index (χ3n) is 4.80. The first-order valence-electron chi connectivity index (χ1n) is 8.92. The molecule has 1 amide bonds. The topological polar surface area (TPSA) is 59.2 Å². The van der Waals surface area contributed by atoms with Crippen LogP contribution in [0.5, 0.6) is 0 Å². The van der Waals surface area contributed by atoms with Gasteiger partial charge in [0.25, 0.3) is 0 Å². The molecule has 1 aromatic carbocycles. The van der Waals surface area contributed by atoms with E-state index in [2.05, 4.69) is 10.1 Å². The van der Waals surface area contributed by atoms with Crippen molar-refractivity contribution in [1.29, 1.82) is 0 Å². The van der Waals surface area contributed by atoms with Gasteiger partial charge in [-0.25, -0.2) is 4.39 Å². The van der Waals surface area contributed by atoms with E-state index in [4.69, 9.17) is 4.52 Å². The lowest BCUT2D eigenvalue weighted by molar-refractivity contribution is -0.129. The van der Waals surface area contributed by atoms with Gasteiger partial charge in [0.15, 0.2) is 5.82 Å². The second kappa shape index (κ2) is 8.23. The molecule has 1 saturated carbocycles. The normalized spacial score (nSPS) is 15.3. The van der Waals surface area contributed by atoms with Crippen LogP contribution in [0.25, 0.3) is 0 Å². The maximum atomic E-state index is 12.9. The quantitative estimate of drug-likeness (QED) is 0.804. The van der Waals surface area contributed by atoms with E-state index >= 15 is 0 Å². The Bertz CT molecular complexity index is 693. The van der Waals surface area contributed by atoms with Gasteiger partial charge in [0, 0.05) is 25.9 Å². The number of carbonyl (C=O) groups excluding carboxylic acids is 1. The summed E-state index contributed by atoms with van der Waals surface area (Å²) in [5.74, 6) is 1.49. The van der Waals surface area contributed by atoms with E-state index < -0.39 is 0 Å². The van der Waals surface area contributed by atoms with Gasteiger partial charge in [-0.3, -0.25) is 4.79 Å². The van der Waals surface area contributed by atoms with Crippen molar-refractivity contribution in [2.24, 2.45) is 0 Å². The smallest absolute Gasteiger partial charge is 0.229 e. The molecule has 25 heavy (non-hydrogen) atoms. The van der Waals surface area contributed by atoms with Crippen LogP contribution in [0, 0.1) is 5.82 Å². The molecule has 0 aliphatic heterocycles. The molecular formula is C19H24FN3O2. The number of carbonyl (C=O) groups is 1. The zero-order chi connectivity index (χ0) is 17.6. The van der Waals surface area contributed by atoms with Gasteiger partial charge in [-0.05, 0) is 30.5 Å². The Labute approximate surface area is 147 Å². The molecule has 1 aliphatic rings. The van der Waals surface area contributed by atoms with Gasteiger partial charge in [-0.1, -0.05) is 36.6 Å². The number of aromatic nitrogens is 2. The van der Waals surface area contributed by atoms with Crippen molar-refractivity contribution < 1.29 is 13.7 Å². The van der Waals surface area contributed by atoms with E-state index in [1.54, 1.807) is 24.1 Å². The van der Waals surface area contributed by atoms with Crippen LogP contribution in [0.1, 0.15) is 55.3 Å². The van der Waals surface area contributed by atoms with Crippen LogP contribution in [0.3, 0.4) is 0 Å². The van der Waals surface area contributed by atoms with Gasteiger partial charge in [-0.2, -0.15) is 4.98 Å². The van der Waals surface area contributed by atoms with Crippen LogP contribution >= 0.6 is 0 Å². The predicted octanol–water partition coefficient (Wildman–Crippen LogP) is 3.50. The summed E-state index contributed by atoms with van der Waals surface area (Å²) in [6.07, 6.45) is 6.82. The third kappa shape index (κ3) is 4.87. The second-order valence-corrected chi connectivity index (χ2v) is 6.75. The maximum absolute atomic E-state index is 12.9. The molecule has 1 aliphatic carbocycles. The Morgan fingerprint density at radius 1 is 1.24 bits per heavy atom. The molecule has 0 unspecified atom stereocenters. The summed E-state index contributed by atoms with van der Waals surface area (Å²) in [6, 6.07) is 6.01. The van der Waals surface area contributed by atoms with E-state index in [0.717, 1.165) is 24.3 Å². The molecule has 3 rings (SSSR count). The van der Waals surface area contributed by atoms with E-state index in [1.807, 2.05) is 0 Å². The number of hydrogen-bond acceptors (Lipinski definition) is 4. The zero-order valence-corrected chi connectivity index (χ0v) is 14.6. The SMILES string of the molecule is CN(CCc1noc(C2CCCCC2)n1)C(=O)Cc1ccc(F)cc1. The third-order valence-corrected chi connectivity index (χ3v) is 4.80. The van der Waals surface area contributed by atoms with Crippen LogP contribution in [0.4, 0.5) is 4.39 Å². The molecular weight excluding hydrogens is 321 g/mol. The summed E-state index contributed by atoms with van der Waals surface area (Å²) in [4.78, 5) is 18.4. The number of amides is 1. The second-order valence-electron chi connectivity index (χ2n) is 6.75. The average molecular weight is 345 g/mol. The zero-order valence-electron chi connectivity index (χ0n) is 14.6. The van der Waals surface area contributed by atoms with Crippen molar-refractivity contribution in [3.05, 3.63) is 47.4 Å². The van der Waals surface area contributed by atoms with Crippen LogP contribution in [-0.4, -0.2) is 34.5 Å². The lowest BCUT2D eigenvalue weighted by Crippen LogP contribution is -2.30. The summed E-state index contributed by atoms with van der Waals surface area (Å²) in [6.45, 7) is 0.531. The molecule has 134 valence electrons. The fraction of sp³-hybridized carbons (Fsp3) is 0.526. The van der Waals surface area contributed by atoms with Gasteiger partial charge >= 0.3 is 0 Å². The van der Waals surface area contributed by atoms with Crippen LogP contribution < -0.4 is 0 Å². The first kappa shape index (κ1) is 17.6. The van der Waals surface area contributed by atoms with Gasteiger partial charge in [0.2, 0.25) is 11.8 Å². The van der Waals surface area contributed by atoms with Crippen LogP contribution in [0.15, 0.2) is 28.8 Å². The van der Waals surface area contributed by atoms with Crippen molar-refractivity contribution in [3.63, 3.8) is 0 Å². The summed E-state index contributed by atoms with van der Waals surface area (Å²) in [5.41, 5.74) is 0.803. The summed E-state index contributed by atoms with van der Waals surface area (Å²) >= 11 is 0. The highest BCUT2D eigenvalue weighted by atomic mass is 19.1. The Kier molecular flexibility index (Phi) is 5.79.